The summed E-state index contributed by atoms with van der Waals surface area (Å²) in [7, 11) is 0. The molecule has 1 aromatic carbocycles. The minimum atomic E-state index is -0.139. The Balaban J connectivity index is 1.67. The van der Waals surface area contributed by atoms with Crippen LogP contribution in [-0.2, 0) is 16.1 Å². The van der Waals surface area contributed by atoms with E-state index in [9.17, 15) is 9.59 Å². The first-order valence-corrected chi connectivity index (χ1v) is 7.39. The zero-order chi connectivity index (χ0) is 16.7. The summed E-state index contributed by atoms with van der Waals surface area (Å²) in [4.78, 5) is 23.5. The number of anilines is 1. The molecule has 8 nitrogen and oxygen atoms in total. The van der Waals surface area contributed by atoms with Gasteiger partial charge >= 0.3 is 0 Å². The average Bonchev–Trinajstić information content (AvgIpc) is 3.01. The molecular weight excluding hydrogens is 296 g/mol. The lowest BCUT2D eigenvalue weighted by Gasteiger charge is -2.09. The summed E-state index contributed by atoms with van der Waals surface area (Å²) in [5, 5.41) is 16.2. The molecule has 2 amide bonds. The van der Waals surface area contributed by atoms with Crippen molar-refractivity contribution in [2.45, 2.75) is 33.2 Å². The van der Waals surface area contributed by atoms with Gasteiger partial charge in [0.05, 0.1) is 6.54 Å². The van der Waals surface area contributed by atoms with E-state index in [0.29, 0.717) is 13.1 Å². The van der Waals surface area contributed by atoms with Crippen LogP contribution in [0.3, 0.4) is 0 Å². The van der Waals surface area contributed by atoms with Crippen LogP contribution in [0.25, 0.3) is 0 Å². The second-order valence-corrected chi connectivity index (χ2v) is 5.29. The third-order valence-corrected chi connectivity index (χ3v) is 3.29. The van der Waals surface area contributed by atoms with Crippen LogP contribution in [0.4, 0.5) is 5.69 Å². The van der Waals surface area contributed by atoms with E-state index in [1.807, 2.05) is 32.0 Å². The topological polar surface area (TPSA) is 102 Å². The molecule has 0 unspecified atom stereocenters. The number of carbonyl (C=O) groups is 2. The smallest absolute Gasteiger partial charge is 0.226 e. The Bertz CT molecular complexity index is 669. The van der Waals surface area contributed by atoms with Gasteiger partial charge < -0.3 is 10.6 Å². The number of rotatable bonds is 7. The van der Waals surface area contributed by atoms with Gasteiger partial charge in [0, 0.05) is 25.1 Å². The quantitative estimate of drug-likeness (QED) is 0.787. The normalized spacial score (nSPS) is 10.3. The van der Waals surface area contributed by atoms with Crippen molar-refractivity contribution in [2.24, 2.45) is 0 Å². The van der Waals surface area contributed by atoms with Crippen LogP contribution in [0.5, 0.6) is 0 Å². The lowest BCUT2D eigenvalue weighted by Crippen LogP contribution is -2.28. The van der Waals surface area contributed by atoms with Crippen LogP contribution < -0.4 is 10.6 Å². The third-order valence-electron chi connectivity index (χ3n) is 3.29. The maximum atomic E-state index is 11.9. The molecule has 0 fully saturated rings. The maximum Gasteiger partial charge on any atom is 0.226 e. The van der Waals surface area contributed by atoms with E-state index in [0.717, 1.165) is 16.8 Å². The average molecular weight is 316 g/mol. The maximum absolute atomic E-state index is 11.9. The highest BCUT2D eigenvalue weighted by molar-refractivity contribution is 5.91. The second-order valence-electron chi connectivity index (χ2n) is 5.29. The Morgan fingerprint density at radius 1 is 1.17 bits per heavy atom. The lowest BCUT2D eigenvalue weighted by molar-refractivity contribution is -0.121. The number of carbonyl (C=O) groups excluding carboxylic acids is 2. The molecule has 23 heavy (non-hydrogen) atoms. The molecule has 8 heteroatoms. The third kappa shape index (κ3) is 5.50. The fourth-order valence-electron chi connectivity index (χ4n) is 2.07. The number of benzene rings is 1. The van der Waals surface area contributed by atoms with Crippen LogP contribution in [-0.4, -0.2) is 38.6 Å². The summed E-state index contributed by atoms with van der Waals surface area (Å²) < 4.78 is 1.48. The summed E-state index contributed by atoms with van der Waals surface area (Å²) in [6, 6.07) is 5.84. The zero-order valence-electron chi connectivity index (χ0n) is 13.2. The highest BCUT2D eigenvalue weighted by atomic mass is 16.2. The van der Waals surface area contributed by atoms with Crippen molar-refractivity contribution < 1.29 is 9.59 Å². The number of aryl methyl sites for hydroxylation is 3. The van der Waals surface area contributed by atoms with Crippen molar-refractivity contribution >= 4 is 17.5 Å². The molecule has 2 aromatic rings. The molecule has 0 aliphatic heterocycles. The number of aromatic nitrogens is 4. The Morgan fingerprint density at radius 3 is 2.70 bits per heavy atom. The van der Waals surface area contributed by atoms with Crippen molar-refractivity contribution in [3.05, 3.63) is 35.7 Å². The number of hydrogen-bond acceptors (Lipinski definition) is 5. The first-order chi connectivity index (χ1) is 11.0. The predicted molar refractivity (Wildman–Crippen MR) is 84.6 cm³/mol. The Hall–Kier alpha value is -2.77. The van der Waals surface area contributed by atoms with Crippen LogP contribution in [0, 0.1) is 13.8 Å². The summed E-state index contributed by atoms with van der Waals surface area (Å²) in [5.74, 6) is -0.266. The van der Waals surface area contributed by atoms with Gasteiger partial charge in [-0.2, -0.15) is 0 Å². The number of hydrogen-bond donors (Lipinski definition) is 2. The summed E-state index contributed by atoms with van der Waals surface area (Å²) in [5.41, 5.74) is 2.96. The van der Waals surface area contributed by atoms with Gasteiger partial charge in [0.2, 0.25) is 11.8 Å². The van der Waals surface area contributed by atoms with Crippen LogP contribution in [0.15, 0.2) is 24.5 Å². The molecule has 1 heterocycles. The summed E-state index contributed by atoms with van der Waals surface area (Å²) in [6.45, 7) is 4.66. The molecule has 2 rings (SSSR count). The fraction of sp³-hybridized carbons (Fsp3) is 0.400. The number of tetrazole rings is 1. The van der Waals surface area contributed by atoms with E-state index in [2.05, 4.69) is 26.2 Å². The zero-order valence-corrected chi connectivity index (χ0v) is 13.2. The van der Waals surface area contributed by atoms with Crippen LogP contribution in [0.2, 0.25) is 0 Å². The van der Waals surface area contributed by atoms with Gasteiger partial charge in [0.25, 0.3) is 0 Å². The number of nitrogens with zero attached hydrogens (tertiary/aromatic N) is 4. The molecule has 1 aromatic heterocycles. The highest BCUT2D eigenvalue weighted by Crippen LogP contribution is 2.15. The molecule has 0 spiro atoms. The summed E-state index contributed by atoms with van der Waals surface area (Å²) in [6.07, 6.45) is 1.94. The van der Waals surface area contributed by atoms with Crippen molar-refractivity contribution in [2.75, 3.05) is 11.9 Å². The summed E-state index contributed by atoms with van der Waals surface area (Å²) >= 11 is 0. The van der Waals surface area contributed by atoms with Crippen molar-refractivity contribution in [1.29, 1.82) is 0 Å². The molecule has 0 atom stereocenters. The molecule has 0 saturated heterocycles. The molecular formula is C15H20N6O2. The van der Waals surface area contributed by atoms with E-state index in [1.165, 1.54) is 11.0 Å². The molecule has 0 aliphatic carbocycles. The second kappa shape index (κ2) is 8.02. The molecule has 2 N–H and O–H groups in total. The number of nitrogens with one attached hydrogen (secondary N) is 2. The predicted octanol–water partition coefficient (Wildman–Crippen LogP) is 0.825. The standard InChI is InChI=1S/C15H20N6O2/c1-11-3-4-13(12(2)9-11)18-15(23)5-7-16-14(22)6-8-21-10-17-19-20-21/h3-4,9-10H,5-8H2,1-2H3,(H,16,22)(H,18,23). The Morgan fingerprint density at radius 2 is 2.00 bits per heavy atom. The van der Waals surface area contributed by atoms with Gasteiger partial charge in [0.15, 0.2) is 0 Å². The SMILES string of the molecule is Cc1ccc(NC(=O)CCNC(=O)CCn2cnnn2)c(C)c1. The van der Waals surface area contributed by atoms with E-state index >= 15 is 0 Å². The van der Waals surface area contributed by atoms with E-state index in [1.54, 1.807) is 0 Å². The first kappa shape index (κ1) is 16.6. The molecule has 122 valence electrons. The van der Waals surface area contributed by atoms with Crippen LogP contribution in [0.1, 0.15) is 24.0 Å². The number of amides is 2. The van der Waals surface area contributed by atoms with E-state index in [4.69, 9.17) is 0 Å². The van der Waals surface area contributed by atoms with Gasteiger partial charge in [0.1, 0.15) is 6.33 Å². The van der Waals surface area contributed by atoms with Crippen molar-refractivity contribution in [1.82, 2.24) is 25.5 Å². The Kier molecular flexibility index (Phi) is 5.79. The van der Waals surface area contributed by atoms with Crippen molar-refractivity contribution in [3.8, 4) is 0 Å². The molecule has 0 bridgehead atoms. The fourth-order valence-corrected chi connectivity index (χ4v) is 2.07. The lowest BCUT2D eigenvalue weighted by atomic mass is 10.1. The van der Waals surface area contributed by atoms with Gasteiger partial charge in [-0.1, -0.05) is 17.7 Å². The first-order valence-electron chi connectivity index (χ1n) is 7.39. The Labute approximate surface area is 134 Å². The van der Waals surface area contributed by atoms with Gasteiger partial charge in [-0.3, -0.25) is 9.59 Å². The van der Waals surface area contributed by atoms with Gasteiger partial charge in [-0.05, 0) is 35.9 Å². The molecule has 0 aliphatic rings. The van der Waals surface area contributed by atoms with Gasteiger partial charge in [-0.15, -0.1) is 5.10 Å². The van der Waals surface area contributed by atoms with E-state index < -0.39 is 0 Å². The molecule has 0 radical (unpaired) electrons. The largest absolute Gasteiger partial charge is 0.356 e. The van der Waals surface area contributed by atoms with E-state index in [-0.39, 0.29) is 24.7 Å². The van der Waals surface area contributed by atoms with Crippen LogP contribution >= 0.6 is 0 Å². The van der Waals surface area contributed by atoms with Gasteiger partial charge in [-0.25, -0.2) is 4.68 Å². The minimum Gasteiger partial charge on any atom is -0.356 e. The van der Waals surface area contributed by atoms with Crippen molar-refractivity contribution in [3.63, 3.8) is 0 Å². The highest BCUT2D eigenvalue weighted by Gasteiger charge is 2.07. The minimum absolute atomic E-state index is 0.127. The molecule has 0 saturated carbocycles. The monoisotopic (exact) mass is 316 g/mol.